The molecule has 0 unspecified atom stereocenters. The fraction of sp³-hybridized carbons (Fsp3) is 0.368. The van der Waals surface area contributed by atoms with Crippen molar-refractivity contribution in [3.63, 3.8) is 0 Å². The standard InChI is InChI=1S/C19H21N5O2/c25-19-10-18(16-2-1-6-20-11-16)21-14-24(19)12-15-3-7-23(8-4-15)13-17-5-9-26-22-17/h1-2,5-6,9-11,14-15H,3-4,7-8,12-13H2. The average Bonchev–Trinajstić information content (AvgIpc) is 3.19. The van der Waals surface area contributed by atoms with Gasteiger partial charge in [0.1, 0.15) is 6.26 Å². The maximum Gasteiger partial charge on any atom is 0.253 e. The number of hydrogen-bond acceptors (Lipinski definition) is 6. The van der Waals surface area contributed by atoms with Crippen LogP contribution in [0, 0.1) is 5.92 Å². The van der Waals surface area contributed by atoms with E-state index in [-0.39, 0.29) is 5.56 Å². The van der Waals surface area contributed by atoms with Gasteiger partial charge in [-0.1, -0.05) is 5.16 Å². The third-order valence-electron chi connectivity index (χ3n) is 4.88. The van der Waals surface area contributed by atoms with Crippen molar-refractivity contribution < 1.29 is 4.52 Å². The summed E-state index contributed by atoms with van der Waals surface area (Å²) >= 11 is 0. The van der Waals surface area contributed by atoms with Crippen molar-refractivity contribution in [3.05, 3.63) is 65.3 Å². The molecule has 0 amide bonds. The van der Waals surface area contributed by atoms with Gasteiger partial charge in [-0.15, -0.1) is 0 Å². The molecular formula is C19H21N5O2. The molecule has 0 N–H and O–H groups in total. The van der Waals surface area contributed by atoms with E-state index in [0.717, 1.165) is 50.3 Å². The Morgan fingerprint density at radius 2 is 2.12 bits per heavy atom. The summed E-state index contributed by atoms with van der Waals surface area (Å²) in [6.07, 6.45) is 8.82. The summed E-state index contributed by atoms with van der Waals surface area (Å²) in [4.78, 5) is 23.3. The summed E-state index contributed by atoms with van der Waals surface area (Å²) < 4.78 is 6.61. The largest absolute Gasteiger partial charge is 0.364 e. The lowest BCUT2D eigenvalue weighted by Crippen LogP contribution is -2.36. The monoisotopic (exact) mass is 351 g/mol. The van der Waals surface area contributed by atoms with Gasteiger partial charge in [0, 0.05) is 43.2 Å². The van der Waals surface area contributed by atoms with E-state index >= 15 is 0 Å². The van der Waals surface area contributed by atoms with E-state index in [1.165, 1.54) is 0 Å². The average molecular weight is 351 g/mol. The molecule has 0 radical (unpaired) electrons. The van der Waals surface area contributed by atoms with E-state index < -0.39 is 0 Å². The molecule has 3 aromatic rings. The molecule has 134 valence electrons. The first kappa shape index (κ1) is 16.7. The van der Waals surface area contributed by atoms with Crippen LogP contribution in [-0.4, -0.2) is 37.7 Å². The first-order valence-electron chi connectivity index (χ1n) is 8.86. The van der Waals surface area contributed by atoms with Gasteiger partial charge >= 0.3 is 0 Å². The summed E-state index contributed by atoms with van der Waals surface area (Å²) in [6.45, 7) is 3.56. The van der Waals surface area contributed by atoms with Crippen LogP contribution in [0.1, 0.15) is 18.5 Å². The Kier molecular flexibility index (Phi) is 4.88. The second kappa shape index (κ2) is 7.61. The molecule has 7 nitrogen and oxygen atoms in total. The van der Waals surface area contributed by atoms with Crippen molar-refractivity contribution in [2.24, 2.45) is 5.92 Å². The highest BCUT2D eigenvalue weighted by atomic mass is 16.5. The van der Waals surface area contributed by atoms with Crippen molar-refractivity contribution >= 4 is 0 Å². The molecule has 1 fully saturated rings. The predicted molar refractivity (Wildman–Crippen MR) is 96.2 cm³/mol. The SMILES string of the molecule is O=c1cc(-c2cccnc2)ncn1CC1CCN(Cc2ccon2)CC1. The molecule has 4 rings (SSSR count). The molecule has 0 spiro atoms. The van der Waals surface area contributed by atoms with Crippen molar-refractivity contribution in [1.82, 2.24) is 24.6 Å². The van der Waals surface area contributed by atoms with E-state index in [1.54, 1.807) is 35.6 Å². The van der Waals surface area contributed by atoms with Crippen LogP contribution in [0.5, 0.6) is 0 Å². The molecule has 3 aromatic heterocycles. The molecule has 0 aliphatic carbocycles. The third-order valence-corrected chi connectivity index (χ3v) is 4.88. The van der Waals surface area contributed by atoms with E-state index in [2.05, 4.69) is 20.0 Å². The van der Waals surface area contributed by atoms with Crippen LogP contribution in [0.3, 0.4) is 0 Å². The smallest absolute Gasteiger partial charge is 0.253 e. The normalized spacial score (nSPS) is 16.0. The molecular weight excluding hydrogens is 330 g/mol. The topological polar surface area (TPSA) is 77.0 Å². The lowest BCUT2D eigenvalue weighted by Gasteiger charge is -2.31. The molecule has 1 aliphatic heterocycles. The maximum atomic E-state index is 12.4. The molecule has 0 bridgehead atoms. The zero-order valence-electron chi connectivity index (χ0n) is 14.5. The summed E-state index contributed by atoms with van der Waals surface area (Å²) in [5.74, 6) is 0.493. The van der Waals surface area contributed by atoms with E-state index in [1.807, 2.05) is 18.2 Å². The molecule has 0 saturated carbocycles. The van der Waals surface area contributed by atoms with Gasteiger partial charge in [0.05, 0.1) is 17.7 Å². The van der Waals surface area contributed by atoms with Crippen molar-refractivity contribution in [2.45, 2.75) is 25.9 Å². The van der Waals surface area contributed by atoms with Gasteiger partial charge in [-0.3, -0.25) is 19.2 Å². The summed E-state index contributed by atoms with van der Waals surface area (Å²) in [6, 6.07) is 7.25. The van der Waals surface area contributed by atoms with Crippen LogP contribution in [0.15, 0.2) is 58.6 Å². The quantitative estimate of drug-likeness (QED) is 0.701. The van der Waals surface area contributed by atoms with Crippen molar-refractivity contribution in [3.8, 4) is 11.3 Å². The van der Waals surface area contributed by atoms with Crippen LogP contribution in [-0.2, 0) is 13.1 Å². The van der Waals surface area contributed by atoms with Gasteiger partial charge < -0.3 is 4.52 Å². The van der Waals surface area contributed by atoms with E-state index in [4.69, 9.17) is 4.52 Å². The van der Waals surface area contributed by atoms with Gasteiger partial charge in [-0.05, 0) is 44.0 Å². The molecule has 4 heterocycles. The summed E-state index contributed by atoms with van der Waals surface area (Å²) in [5.41, 5.74) is 2.48. The van der Waals surface area contributed by atoms with Crippen LogP contribution in [0.25, 0.3) is 11.3 Å². The Bertz CT molecular complexity index is 884. The minimum atomic E-state index is -0.0103. The minimum absolute atomic E-state index is 0.0103. The number of nitrogens with zero attached hydrogens (tertiary/aromatic N) is 5. The highest BCUT2D eigenvalue weighted by Crippen LogP contribution is 2.20. The number of aromatic nitrogens is 4. The highest BCUT2D eigenvalue weighted by molar-refractivity contribution is 5.56. The molecule has 1 aliphatic rings. The Hall–Kier alpha value is -2.80. The van der Waals surface area contributed by atoms with Crippen LogP contribution in [0.2, 0.25) is 0 Å². The van der Waals surface area contributed by atoms with Gasteiger partial charge in [0.2, 0.25) is 0 Å². The number of likely N-dealkylation sites (tertiary alicyclic amines) is 1. The molecule has 7 heteroatoms. The Balaban J connectivity index is 1.35. The molecule has 1 saturated heterocycles. The number of rotatable bonds is 5. The molecule has 0 aromatic carbocycles. The zero-order valence-corrected chi connectivity index (χ0v) is 14.5. The third kappa shape index (κ3) is 3.88. The van der Waals surface area contributed by atoms with Crippen molar-refractivity contribution in [1.29, 1.82) is 0 Å². The predicted octanol–water partition coefficient (Wildman–Crippen LogP) is 2.21. The second-order valence-electron chi connectivity index (χ2n) is 6.72. The van der Waals surface area contributed by atoms with Crippen LogP contribution < -0.4 is 5.56 Å². The maximum absolute atomic E-state index is 12.4. The Morgan fingerprint density at radius 3 is 2.81 bits per heavy atom. The number of hydrogen-bond donors (Lipinski definition) is 0. The van der Waals surface area contributed by atoms with Gasteiger partial charge in [0.15, 0.2) is 0 Å². The fourth-order valence-corrected chi connectivity index (χ4v) is 3.39. The van der Waals surface area contributed by atoms with Crippen molar-refractivity contribution in [2.75, 3.05) is 13.1 Å². The van der Waals surface area contributed by atoms with E-state index in [0.29, 0.717) is 11.6 Å². The van der Waals surface area contributed by atoms with E-state index in [9.17, 15) is 4.79 Å². The van der Waals surface area contributed by atoms with Gasteiger partial charge in [-0.2, -0.15) is 0 Å². The Labute approximate surface area is 151 Å². The van der Waals surface area contributed by atoms with Crippen LogP contribution >= 0.6 is 0 Å². The second-order valence-corrected chi connectivity index (χ2v) is 6.72. The number of piperidine rings is 1. The highest BCUT2D eigenvalue weighted by Gasteiger charge is 2.20. The lowest BCUT2D eigenvalue weighted by molar-refractivity contribution is 0.163. The van der Waals surface area contributed by atoms with Gasteiger partial charge in [-0.25, -0.2) is 4.98 Å². The Morgan fingerprint density at radius 1 is 1.23 bits per heavy atom. The van der Waals surface area contributed by atoms with Crippen LogP contribution in [0.4, 0.5) is 0 Å². The van der Waals surface area contributed by atoms with Gasteiger partial charge in [0.25, 0.3) is 5.56 Å². The molecule has 0 atom stereocenters. The zero-order chi connectivity index (χ0) is 17.8. The summed E-state index contributed by atoms with van der Waals surface area (Å²) in [5, 5.41) is 3.97. The number of pyridine rings is 1. The fourth-order valence-electron chi connectivity index (χ4n) is 3.39. The first-order chi connectivity index (χ1) is 12.8. The minimum Gasteiger partial charge on any atom is -0.364 e. The lowest BCUT2D eigenvalue weighted by atomic mass is 9.96. The summed E-state index contributed by atoms with van der Waals surface area (Å²) in [7, 11) is 0. The molecule has 26 heavy (non-hydrogen) atoms. The first-order valence-corrected chi connectivity index (χ1v) is 8.86.